The molecule has 0 amide bonds. The largest absolute Gasteiger partial charge is 0.726 e. The van der Waals surface area contributed by atoms with Crippen molar-refractivity contribution in [2.45, 2.75) is 6.42 Å². The summed E-state index contributed by atoms with van der Waals surface area (Å²) in [6, 6.07) is 0. The van der Waals surface area contributed by atoms with Crippen LogP contribution in [0.1, 0.15) is 6.42 Å². The Labute approximate surface area is 98.0 Å². The first kappa shape index (κ1) is 17.8. The van der Waals surface area contributed by atoms with Crippen LogP contribution >= 0.6 is 0 Å². The number of hydrogen-bond donors (Lipinski definition) is 0. The molecule has 0 aromatic rings. The maximum Gasteiger partial charge on any atom is 0.217 e. The van der Waals surface area contributed by atoms with Crippen molar-refractivity contribution in [2.24, 2.45) is 0 Å². The van der Waals surface area contributed by atoms with Crippen molar-refractivity contribution in [3.63, 3.8) is 0 Å². The third-order valence-corrected chi connectivity index (χ3v) is 1.82. The molecule has 0 heterocycles. The lowest BCUT2D eigenvalue weighted by Crippen LogP contribution is -2.35. The Kier molecular flexibility index (Phi) is 9.45. The zero-order valence-corrected chi connectivity index (χ0v) is 11.1. The molecule has 0 saturated heterocycles. The monoisotopic (exact) mass is 255 g/mol. The Morgan fingerprint density at radius 2 is 1.81 bits per heavy atom. The van der Waals surface area contributed by atoms with Crippen LogP contribution in [0.4, 0.5) is 0 Å². The Bertz CT molecular complexity index is 268. The van der Waals surface area contributed by atoms with Crippen LogP contribution in [-0.4, -0.2) is 58.9 Å². The van der Waals surface area contributed by atoms with Crippen LogP contribution < -0.4 is 0 Å². The molecule has 0 bridgehead atoms. The molecule has 98 valence electrons. The zero-order valence-electron chi connectivity index (χ0n) is 10.3. The van der Waals surface area contributed by atoms with E-state index in [1.807, 2.05) is 0 Å². The van der Waals surface area contributed by atoms with Gasteiger partial charge < -0.3 is 13.8 Å². The second-order valence-corrected chi connectivity index (χ2v) is 5.13. The fourth-order valence-corrected chi connectivity index (χ4v) is 0.706. The maximum atomic E-state index is 9.22. The summed E-state index contributed by atoms with van der Waals surface area (Å²) in [4.78, 5) is 0. The molecule has 0 atom stereocenters. The van der Waals surface area contributed by atoms with Gasteiger partial charge in [-0.2, -0.15) is 0 Å². The van der Waals surface area contributed by atoms with Gasteiger partial charge in [-0.3, -0.25) is 4.18 Å². The molecule has 0 fully saturated rings. The highest BCUT2D eigenvalue weighted by atomic mass is 32.3. The van der Waals surface area contributed by atoms with Crippen LogP contribution in [-0.2, 0) is 19.3 Å². The van der Waals surface area contributed by atoms with E-state index in [9.17, 15) is 13.0 Å². The number of quaternary nitrogens is 1. The molecule has 0 aliphatic carbocycles. The van der Waals surface area contributed by atoms with Gasteiger partial charge >= 0.3 is 0 Å². The summed E-state index contributed by atoms with van der Waals surface area (Å²) in [5, 5.41) is 0. The Hall–Kier alpha value is -0.630. The predicted molar refractivity (Wildman–Crippen MR) is 60.4 cm³/mol. The highest BCUT2D eigenvalue weighted by Gasteiger charge is 2.04. The molecule has 7 heteroatoms. The molecule has 6 nitrogen and oxygen atoms in total. The molecule has 0 N–H and O–H groups in total. The van der Waals surface area contributed by atoms with Crippen LogP contribution in [0.25, 0.3) is 0 Å². The van der Waals surface area contributed by atoms with E-state index in [0.717, 1.165) is 31.2 Å². The van der Waals surface area contributed by atoms with E-state index in [-0.39, 0.29) is 0 Å². The molecular weight excluding hydrogens is 234 g/mol. The molecule has 0 aromatic heterocycles. The van der Waals surface area contributed by atoms with E-state index in [0.29, 0.717) is 0 Å². The molecule has 0 radical (unpaired) electrons. The highest BCUT2D eigenvalue weighted by molar-refractivity contribution is 7.80. The maximum absolute atomic E-state index is 9.22. The SMILES string of the molecule is C=COCCC[N+](C)(C)C.COS(=O)(=O)[O-]. The smallest absolute Gasteiger partial charge is 0.217 e. The van der Waals surface area contributed by atoms with E-state index in [1.165, 1.54) is 6.26 Å². The van der Waals surface area contributed by atoms with Gasteiger partial charge in [0.05, 0.1) is 47.7 Å². The van der Waals surface area contributed by atoms with Crippen molar-refractivity contribution in [1.29, 1.82) is 0 Å². The highest BCUT2D eigenvalue weighted by Crippen LogP contribution is 1.93. The third kappa shape index (κ3) is 23.3. The number of nitrogens with zero attached hydrogens (tertiary/aromatic N) is 1. The summed E-state index contributed by atoms with van der Waals surface area (Å²) in [6.45, 7) is 5.40. The lowest BCUT2D eigenvalue weighted by molar-refractivity contribution is -0.870. The van der Waals surface area contributed by atoms with Crippen molar-refractivity contribution in [1.82, 2.24) is 0 Å². The first-order valence-electron chi connectivity index (χ1n) is 4.67. The van der Waals surface area contributed by atoms with Crippen LogP contribution in [0.5, 0.6) is 0 Å². The third-order valence-electron chi connectivity index (χ3n) is 1.41. The lowest BCUT2D eigenvalue weighted by atomic mass is 10.4. The number of rotatable bonds is 6. The van der Waals surface area contributed by atoms with Crippen molar-refractivity contribution in [3.05, 3.63) is 12.8 Å². The first-order chi connectivity index (χ1) is 7.12. The second kappa shape index (κ2) is 8.51. The normalized spacial score (nSPS) is 11.3. The van der Waals surface area contributed by atoms with Crippen LogP contribution in [0, 0.1) is 0 Å². The standard InChI is InChI=1S/C8H18NO.CH4O4S/c1-5-10-8-6-7-9(2,3)4;1-5-6(2,3)4/h5H,1,6-8H2,2-4H3;1H3,(H,2,3,4)/q+1;/p-1. The fourth-order valence-electron chi connectivity index (χ4n) is 0.706. The predicted octanol–water partition coefficient (Wildman–Crippen LogP) is 0.336. The van der Waals surface area contributed by atoms with E-state index >= 15 is 0 Å². The minimum absolute atomic E-state index is 0.791. The molecule has 0 aromatic carbocycles. The molecule has 0 unspecified atom stereocenters. The number of ether oxygens (including phenoxy) is 1. The summed E-state index contributed by atoms with van der Waals surface area (Å²) in [5.41, 5.74) is 0. The molecule has 0 aliphatic rings. The van der Waals surface area contributed by atoms with Gasteiger partial charge in [0, 0.05) is 6.42 Å². The van der Waals surface area contributed by atoms with E-state index in [4.69, 9.17) is 4.74 Å². The fraction of sp³-hybridized carbons (Fsp3) is 0.778. The molecule has 0 saturated carbocycles. The van der Waals surface area contributed by atoms with Gasteiger partial charge in [0.1, 0.15) is 0 Å². The van der Waals surface area contributed by atoms with Crippen LogP contribution in [0.3, 0.4) is 0 Å². The topological polar surface area (TPSA) is 75.7 Å². The molecule has 0 rings (SSSR count). The Balaban J connectivity index is 0. The average Bonchev–Trinajstić information content (AvgIpc) is 2.11. The van der Waals surface area contributed by atoms with Gasteiger partial charge in [-0.1, -0.05) is 6.58 Å². The zero-order chi connectivity index (χ0) is 13.2. The van der Waals surface area contributed by atoms with Gasteiger partial charge in [-0.25, -0.2) is 8.42 Å². The molecule has 0 aliphatic heterocycles. The van der Waals surface area contributed by atoms with Crippen molar-refractivity contribution < 1.29 is 26.4 Å². The van der Waals surface area contributed by atoms with Gasteiger partial charge in [-0.05, 0) is 0 Å². The average molecular weight is 255 g/mol. The van der Waals surface area contributed by atoms with Crippen molar-refractivity contribution in [3.8, 4) is 0 Å². The van der Waals surface area contributed by atoms with Crippen LogP contribution in [0.2, 0.25) is 0 Å². The second-order valence-electron chi connectivity index (χ2n) is 3.98. The Morgan fingerprint density at radius 3 is 2.06 bits per heavy atom. The van der Waals surface area contributed by atoms with Gasteiger partial charge in [0.2, 0.25) is 10.4 Å². The van der Waals surface area contributed by atoms with E-state index in [2.05, 4.69) is 31.9 Å². The van der Waals surface area contributed by atoms with Crippen LogP contribution in [0.15, 0.2) is 12.8 Å². The quantitative estimate of drug-likeness (QED) is 0.225. The summed E-state index contributed by atoms with van der Waals surface area (Å²) in [7, 11) is 2.92. The van der Waals surface area contributed by atoms with Crippen molar-refractivity contribution >= 4 is 10.4 Å². The van der Waals surface area contributed by atoms with Crippen molar-refractivity contribution in [2.75, 3.05) is 41.4 Å². The minimum Gasteiger partial charge on any atom is -0.726 e. The first-order valence-corrected chi connectivity index (χ1v) is 6.00. The lowest BCUT2D eigenvalue weighted by Gasteiger charge is -2.23. The van der Waals surface area contributed by atoms with E-state index in [1.54, 1.807) is 0 Å². The summed E-state index contributed by atoms with van der Waals surface area (Å²) >= 11 is 0. The van der Waals surface area contributed by atoms with Gasteiger partial charge in [0.25, 0.3) is 0 Å². The summed E-state index contributed by atoms with van der Waals surface area (Å²) in [5.74, 6) is 0. The molecule has 0 spiro atoms. The van der Waals surface area contributed by atoms with Gasteiger partial charge in [-0.15, -0.1) is 0 Å². The van der Waals surface area contributed by atoms with E-state index < -0.39 is 10.4 Å². The minimum atomic E-state index is -4.41. The van der Waals surface area contributed by atoms with Gasteiger partial charge in [0.15, 0.2) is 0 Å². The molecule has 16 heavy (non-hydrogen) atoms. The summed E-state index contributed by atoms with van der Waals surface area (Å²) in [6.07, 6.45) is 2.59. The number of hydrogen-bond acceptors (Lipinski definition) is 5. The Morgan fingerprint density at radius 1 is 1.38 bits per heavy atom. The summed E-state index contributed by atoms with van der Waals surface area (Å²) < 4.78 is 37.0. The molecular formula is C9H21NO5S.